The zero-order valence-corrected chi connectivity index (χ0v) is 17.2. The number of hydrogen-bond acceptors (Lipinski definition) is 8. The summed E-state index contributed by atoms with van der Waals surface area (Å²) in [5, 5.41) is 20.4. The van der Waals surface area contributed by atoms with Crippen LogP contribution in [0.1, 0.15) is 20.8 Å². The molecule has 2 N–H and O–H groups in total. The smallest absolute Gasteiger partial charge is 0.264 e. The first-order valence-corrected chi connectivity index (χ1v) is 12.5. The highest BCUT2D eigenvalue weighted by atomic mass is 32.2. The summed E-state index contributed by atoms with van der Waals surface area (Å²) in [6, 6.07) is 0. The maximum Gasteiger partial charge on any atom is 0.264 e. The van der Waals surface area contributed by atoms with Crippen LogP contribution in [0.5, 0.6) is 0 Å². The van der Waals surface area contributed by atoms with Crippen molar-refractivity contribution in [2.24, 2.45) is 0 Å². The standard InChI is InChI=1S/C14H30O8SSi/c1-14(2,3)24(6,7)20-8-9-10(15)11(16)12(13(19-4)21-9)22-23(5,17)18/h9-13,15-16H,8H2,1-7H3/t9-,10-,11+,12+,13+/m1/s1. The third kappa shape index (κ3) is 5.46. The summed E-state index contributed by atoms with van der Waals surface area (Å²) in [6.07, 6.45) is -5.31. The molecular weight excluding hydrogens is 356 g/mol. The molecule has 0 aromatic carbocycles. The van der Waals surface area contributed by atoms with Gasteiger partial charge < -0.3 is 24.1 Å². The van der Waals surface area contributed by atoms with Crippen LogP contribution in [-0.2, 0) is 28.2 Å². The van der Waals surface area contributed by atoms with E-state index in [4.69, 9.17) is 18.1 Å². The van der Waals surface area contributed by atoms with Crippen LogP contribution in [0.4, 0.5) is 0 Å². The third-order valence-electron chi connectivity index (χ3n) is 4.58. The average molecular weight is 387 g/mol. The number of rotatable bonds is 6. The number of hydrogen-bond donors (Lipinski definition) is 2. The van der Waals surface area contributed by atoms with Crippen molar-refractivity contribution in [1.29, 1.82) is 0 Å². The molecule has 5 atom stereocenters. The summed E-state index contributed by atoms with van der Waals surface area (Å²) in [5.41, 5.74) is 0. The second-order valence-corrected chi connectivity index (χ2v) is 14.0. The lowest BCUT2D eigenvalue weighted by atomic mass is 9.99. The monoisotopic (exact) mass is 386 g/mol. The highest BCUT2D eigenvalue weighted by Gasteiger charge is 2.48. The molecule has 0 aliphatic carbocycles. The Bertz CT molecular complexity index is 513. The van der Waals surface area contributed by atoms with Crippen LogP contribution < -0.4 is 0 Å². The van der Waals surface area contributed by atoms with Gasteiger partial charge in [-0.25, -0.2) is 0 Å². The lowest BCUT2D eigenvalue weighted by molar-refractivity contribution is -0.287. The van der Waals surface area contributed by atoms with Crippen molar-refractivity contribution in [3.05, 3.63) is 0 Å². The molecule has 144 valence electrons. The SMILES string of the molecule is CO[C@H]1O[C@H](CO[Si](C)(C)C(C)(C)C)[C@@H](O)[C@H](O)[C@@H]1OS(C)(=O)=O. The van der Waals surface area contributed by atoms with Crippen molar-refractivity contribution < 1.29 is 36.7 Å². The number of methoxy groups -OCH3 is 1. The van der Waals surface area contributed by atoms with Crippen LogP contribution in [0.25, 0.3) is 0 Å². The van der Waals surface area contributed by atoms with E-state index < -0.39 is 49.1 Å². The van der Waals surface area contributed by atoms with E-state index in [0.29, 0.717) is 0 Å². The van der Waals surface area contributed by atoms with E-state index in [1.54, 1.807) is 0 Å². The fourth-order valence-electron chi connectivity index (χ4n) is 2.04. The minimum Gasteiger partial charge on any atom is -0.414 e. The normalized spacial score (nSPS) is 32.8. The van der Waals surface area contributed by atoms with Crippen LogP contribution in [0.3, 0.4) is 0 Å². The van der Waals surface area contributed by atoms with Crippen LogP contribution >= 0.6 is 0 Å². The predicted octanol–water partition coefficient (Wildman–Crippen LogP) is 0.446. The average Bonchev–Trinajstić information content (AvgIpc) is 2.40. The van der Waals surface area contributed by atoms with Gasteiger partial charge in [0.25, 0.3) is 10.1 Å². The van der Waals surface area contributed by atoms with Crippen molar-refractivity contribution in [1.82, 2.24) is 0 Å². The van der Waals surface area contributed by atoms with Gasteiger partial charge in [-0.15, -0.1) is 0 Å². The molecule has 1 heterocycles. The number of ether oxygens (including phenoxy) is 2. The van der Waals surface area contributed by atoms with Crippen LogP contribution in [0.2, 0.25) is 18.1 Å². The summed E-state index contributed by atoms with van der Waals surface area (Å²) in [6.45, 7) is 10.4. The van der Waals surface area contributed by atoms with Crippen molar-refractivity contribution in [3.63, 3.8) is 0 Å². The van der Waals surface area contributed by atoms with Crippen LogP contribution in [0, 0.1) is 0 Å². The molecule has 1 aliphatic rings. The molecule has 1 rings (SSSR count). The van der Waals surface area contributed by atoms with Gasteiger partial charge >= 0.3 is 0 Å². The van der Waals surface area contributed by atoms with Gasteiger partial charge in [-0.3, -0.25) is 4.18 Å². The molecule has 24 heavy (non-hydrogen) atoms. The molecule has 0 saturated carbocycles. The Morgan fingerprint density at radius 3 is 2.12 bits per heavy atom. The second-order valence-electron chi connectivity index (χ2n) is 7.60. The van der Waals surface area contributed by atoms with Crippen molar-refractivity contribution in [3.8, 4) is 0 Å². The van der Waals surface area contributed by atoms with Gasteiger partial charge in [0.2, 0.25) is 0 Å². The summed E-state index contributed by atoms with van der Waals surface area (Å²) in [5.74, 6) is 0. The quantitative estimate of drug-likeness (QED) is 0.500. The lowest BCUT2D eigenvalue weighted by Crippen LogP contribution is -2.61. The number of aliphatic hydroxyl groups excluding tert-OH is 2. The van der Waals surface area contributed by atoms with E-state index in [1.165, 1.54) is 7.11 Å². The van der Waals surface area contributed by atoms with Gasteiger partial charge in [0.15, 0.2) is 20.7 Å². The Morgan fingerprint density at radius 1 is 1.17 bits per heavy atom. The van der Waals surface area contributed by atoms with E-state index in [2.05, 4.69) is 33.9 Å². The molecule has 0 amide bonds. The molecule has 1 aliphatic heterocycles. The van der Waals surface area contributed by atoms with E-state index in [-0.39, 0.29) is 11.6 Å². The Morgan fingerprint density at radius 2 is 1.71 bits per heavy atom. The molecule has 0 bridgehead atoms. The lowest BCUT2D eigenvalue weighted by Gasteiger charge is -2.43. The fourth-order valence-corrected chi connectivity index (χ4v) is 3.67. The maximum atomic E-state index is 11.3. The first kappa shape index (κ1) is 22.0. The van der Waals surface area contributed by atoms with Gasteiger partial charge in [0.1, 0.15) is 18.3 Å². The van der Waals surface area contributed by atoms with Gasteiger partial charge in [-0.2, -0.15) is 8.42 Å². The van der Waals surface area contributed by atoms with Crippen molar-refractivity contribution in [2.45, 2.75) is 69.6 Å². The minimum atomic E-state index is -3.85. The molecule has 1 fully saturated rings. The van der Waals surface area contributed by atoms with Gasteiger partial charge in [0, 0.05) is 7.11 Å². The molecule has 8 nitrogen and oxygen atoms in total. The fraction of sp³-hybridized carbons (Fsp3) is 1.00. The summed E-state index contributed by atoms with van der Waals surface area (Å²) < 4.78 is 44.1. The van der Waals surface area contributed by atoms with Crippen LogP contribution in [-0.4, -0.2) is 77.6 Å². The van der Waals surface area contributed by atoms with Crippen molar-refractivity contribution in [2.75, 3.05) is 20.0 Å². The zero-order valence-electron chi connectivity index (χ0n) is 15.3. The Kier molecular flexibility index (Phi) is 7.01. The first-order chi connectivity index (χ1) is 10.7. The molecule has 10 heteroatoms. The molecule has 1 saturated heterocycles. The zero-order chi connectivity index (χ0) is 18.9. The van der Waals surface area contributed by atoms with Crippen LogP contribution in [0.15, 0.2) is 0 Å². The molecule has 0 radical (unpaired) electrons. The predicted molar refractivity (Wildman–Crippen MR) is 90.5 cm³/mol. The molecular formula is C14H30O8SSi. The molecule has 0 unspecified atom stereocenters. The van der Waals surface area contributed by atoms with E-state index in [1.807, 2.05) is 0 Å². The molecule has 0 spiro atoms. The second kappa shape index (κ2) is 7.66. The Hall–Kier alpha value is -0.0731. The highest BCUT2D eigenvalue weighted by Crippen LogP contribution is 2.37. The summed E-state index contributed by atoms with van der Waals surface area (Å²) in [4.78, 5) is 0. The summed E-state index contributed by atoms with van der Waals surface area (Å²) in [7, 11) is -4.61. The largest absolute Gasteiger partial charge is 0.414 e. The van der Waals surface area contributed by atoms with Gasteiger partial charge in [0.05, 0.1) is 12.9 Å². The van der Waals surface area contributed by atoms with Gasteiger partial charge in [-0.05, 0) is 18.1 Å². The van der Waals surface area contributed by atoms with Gasteiger partial charge in [-0.1, -0.05) is 20.8 Å². The first-order valence-electron chi connectivity index (χ1n) is 7.76. The summed E-state index contributed by atoms with van der Waals surface area (Å²) >= 11 is 0. The van der Waals surface area contributed by atoms with E-state index in [0.717, 1.165) is 6.26 Å². The molecule has 0 aromatic heterocycles. The van der Waals surface area contributed by atoms with Crippen molar-refractivity contribution >= 4 is 18.4 Å². The number of aliphatic hydroxyl groups is 2. The van der Waals surface area contributed by atoms with E-state index >= 15 is 0 Å². The highest BCUT2D eigenvalue weighted by molar-refractivity contribution is 7.86. The maximum absolute atomic E-state index is 11.3. The molecule has 0 aromatic rings. The minimum absolute atomic E-state index is 0.0200. The Balaban J connectivity index is 2.84. The Labute approximate surface area is 145 Å². The topological polar surface area (TPSA) is 112 Å². The third-order valence-corrected chi connectivity index (χ3v) is 9.65. The van der Waals surface area contributed by atoms with E-state index in [9.17, 15) is 18.6 Å².